The quantitative estimate of drug-likeness (QED) is 0.825. The van der Waals surface area contributed by atoms with Crippen LogP contribution in [0, 0.1) is 0 Å². The van der Waals surface area contributed by atoms with Crippen LogP contribution in [0.25, 0.3) is 0 Å². The summed E-state index contributed by atoms with van der Waals surface area (Å²) in [7, 11) is 1.93. The number of rotatable bonds is 4. The lowest BCUT2D eigenvalue weighted by atomic mass is 10.3. The van der Waals surface area contributed by atoms with Crippen LogP contribution in [-0.4, -0.2) is 22.1 Å². The number of carbonyl (C=O) groups is 1. The van der Waals surface area contributed by atoms with Gasteiger partial charge in [0.2, 0.25) is 0 Å². The molecule has 2 aromatic rings. The molecule has 7 heteroatoms. The number of amides is 2. The minimum Gasteiger partial charge on any atom is -0.338 e. The van der Waals surface area contributed by atoms with Crippen molar-refractivity contribution in [2.75, 3.05) is 11.9 Å². The number of aromatic nitrogens is 2. The molecule has 5 nitrogen and oxygen atoms in total. The molecule has 1 aromatic carbocycles. The maximum atomic E-state index is 11.8. The van der Waals surface area contributed by atoms with Crippen LogP contribution in [0.2, 0.25) is 0 Å². The van der Waals surface area contributed by atoms with E-state index in [0.717, 1.165) is 14.8 Å². The van der Waals surface area contributed by atoms with Crippen molar-refractivity contribution in [1.82, 2.24) is 14.9 Å². The average Bonchev–Trinajstić information content (AvgIpc) is 2.80. The SMILES string of the molecule is Cn1ccnc1CCNC(=O)Nc1cc(Br)ccc1Br. The van der Waals surface area contributed by atoms with E-state index in [1.54, 1.807) is 6.20 Å². The largest absolute Gasteiger partial charge is 0.338 e. The summed E-state index contributed by atoms with van der Waals surface area (Å²) in [5, 5.41) is 5.60. The molecule has 0 aliphatic heterocycles. The number of nitrogens with zero attached hydrogens (tertiary/aromatic N) is 2. The molecule has 0 atom stereocenters. The van der Waals surface area contributed by atoms with Gasteiger partial charge in [-0.15, -0.1) is 0 Å². The molecule has 106 valence electrons. The minimum absolute atomic E-state index is 0.238. The van der Waals surface area contributed by atoms with Crippen LogP contribution in [0.3, 0.4) is 0 Å². The highest BCUT2D eigenvalue weighted by atomic mass is 79.9. The van der Waals surface area contributed by atoms with E-state index in [1.165, 1.54) is 0 Å². The molecule has 0 aliphatic carbocycles. The zero-order valence-electron chi connectivity index (χ0n) is 10.9. The van der Waals surface area contributed by atoms with Crippen LogP contribution >= 0.6 is 31.9 Å². The third-order valence-electron chi connectivity index (χ3n) is 2.73. The van der Waals surface area contributed by atoms with Gasteiger partial charge < -0.3 is 15.2 Å². The second-order valence-electron chi connectivity index (χ2n) is 4.21. The molecule has 0 aliphatic rings. The van der Waals surface area contributed by atoms with Gasteiger partial charge in [-0.05, 0) is 34.1 Å². The third-order valence-corrected chi connectivity index (χ3v) is 3.92. The van der Waals surface area contributed by atoms with Gasteiger partial charge >= 0.3 is 6.03 Å². The highest BCUT2D eigenvalue weighted by molar-refractivity contribution is 9.11. The predicted octanol–water partition coefficient (Wildman–Crippen LogP) is 3.31. The maximum absolute atomic E-state index is 11.8. The average molecular weight is 402 g/mol. The molecule has 0 saturated heterocycles. The second kappa shape index (κ2) is 6.90. The van der Waals surface area contributed by atoms with Gasteiger partial charge in [0.1, 0.15) is 5.82 Å². The second-order valence-corrected chi connectivity index (χ2v) is 5.98. The summed E-state index contributed by atoms with van der Waals surface area (Å²) >= 11 is 6.76. The number of imidazole rings is 1. The van der Waals surface area contributed by atoms with Gasteiger partial charge in [-0.25, -0.2) is 9.78 Å². The number of aryl methyl sites for hydroxylation is 1. The first kappa shape index (κ1) is 15.1. The molecule has 1 heterocycles. The molecule has 0 fully saturated rings. The first-order valence-electron chi connectivity index (χ1n) is 6.02. The lowest BCUT2D eigenvalue weighted by molar-refractivity contribution is 0.252. The van der Waals surface area contributed by atoms with Crippen LogP contribution < -0.4 is 10.6 Å². The summed E-state index contributed by atoms with van der Waals surface area (Å²) in [4.78, 5) is 16.0. The summed E-state index contributed by atoms with van der Waals surface area (Å²) in [5.74, 6) is 0.939. The molecule has 0 spiro atoms. The third kappa shape index (κ3) is 4.08. The molecule has 0 radical (unpaired) electrons. The number of anilines is 1. The Morgan fingerprint density at radius 2 is 2.20 bits per heavy atom. The van der Waals surface area contributed by atoms with Crippen molar-refractivity contribution in [3.8, 4) is 0 Å². The van der Waals surface area contributed by atoms with Crippen molar-refractivity contribution in [3.05, 3.63) is 45.4 Å². The first-order chi connectivity index (χ1) is 9.56. The number of halogens is 2. The van der Waals surface area contributed by atoms with Crippen LogP contribution in [0.4, 0.5) is 10.5 Å². The predicted molar refractivity (Wildman–Crippen MR) is 85.8 cm³/mol. The fourth-order valence-electron chi connectivity index (χ4n) is 1.69. The Bertz CT molecular complexity index is 612. The Labute approximate surface area is 134 Å². The molecule has 0 unspecified atom stereocenters. The minimum atomic E-state index is -0.238. The van der Waals surface area contributed by atoms with Gasteiger partial charge in [0.15, 0.2) is 0 Å². The zero-order valence-corrected chi connectivity index (χ0v) is 14.0. The highest BCUT2D eigenvalue weighted by Gasteiger charge is 2.06. The molecule has 2 rings (SSSR count). The van der Waals surface area contributed by atoms with Crippen molar-refractivity contribution in [3.63, 3.8) is 0 Å². The van der Waals surface area contributed by atoms with Crippen LogP contribution in [-0.2, 0) is 13.5 Å². The molecule has 0 bridgehead atoms. The van der Waals surface area contributed by atoms with Gasteiger partial charge in [0.05, 0.1) is 5.69 Å². The van der Waals surface area contributed by atoms with E-state index in [1.807, 2.05) is 36.0 Å². The maximum Gasteiger partial charge on any atom is 0.319 e. The number of nitrogens with one attached hydrogen (secondary N) is 2. The lowest BCUT2D eigenvalue weighted by Gasteiger charge is -2.09. The van der Waals surface area contributed by atoms with Crippen molar-refractivity contribution >= 4 is 43.6 Å². The fraction of sp³-hybridized carbons (Fsp3) is 0.231. The van der Waals surface area contributed by atoms with E-state index in [2.05, 4.69) is 47.5 Å². The van der Waals surface area contributed by atoms with E-state index in [9.17, 15) is 4.79 Å². The number of hydrogen-bond donors (Lipinski definition) is 2. The van der Waals surface area contributed by atoms with Crippen LogP contribution in [0.15, 0.2) is 39.5 Å². The van der Waals surface area contributed by atoms with Gasteiger partial charge in [-0.1, -0.05) is 15.9 Å². The van der Waals surface area contributed by atoms with Crippen LogP contribution in [0.1, 0.15) is 5.82 Å². The molecule has 20 heavy (non-hydrogen) atoms. The fourth-order valence-corrected chi connectivity index (χ4v) is 2.39. The smallest absolute Gasteiger partial charge is 0.319 e. The van der Waals surface area contributed by atoms with E-state index in [4.69, 9.17) is 0 Å². The Kier molecular flexibility index (Phi) is 5.19. The van der Waals surface area contributed by atoms with Crippen molar-refractivity contribution in [2.24, 2.45) is 7.05 Å². The number of benzene rings is 1. The molecule has 1 aromatic heterocycles. The van der Waals surface area contributed by atoms with Gasteiger partial charge in [-0.2, -0.15) is 0 Å². The van der Waals surface area contributed by atoms with Crippen molar-refractivity contribution < 1.29 is 4.79 Å². The number of carbonyl (C=O) groups excluding carboxylic acids is 1. The van der Waals surface area contributed by atoms with Crippen LogP contribution in [0.5, 0.6) is 0 Å². The first-order valence-corrected chi connectivity index (χ1v) is 7.61. The molecule has 2 N–H and O–H groups in total. The lowest BCUT2D eigenvalue weighted by Crippen LogP contribution is -2.31. The molecule has 0 saturated carbocycles. The van der Waals surface area contributed by atoms with E-state index in [0.29, 0.717) is 18.7 Å². The molecular formula is C13H14Br2N4O. The Balaban J connectivity index is 1.84. The normalized spacial score (nSPS) is 10.3. The van der Waals surface area contributed by atoms with Gasteiger partial charge in [-0.3, -0.25) is 0 Å². The summed E-state index contributed by atoms with van der Waals surface area (Å²) in [6.07, 6.45) is 4.32. The monoisotopic (exact) mass is 400 g/mol. The van der Waals surface area contributed by atoms with Gasteiger partial charge in [0, 0.05) is 41.4 Å². The van der Waals surface area contributed by atoms with Crippen molar-refractivity contribution in [2.45, 2.75) is 6.42 Å². The number of urea groups is 1. The summed E-state index contributed by atoms with van der Waals surface area (Å²) in [5.41, 5.74) is 0.717. The summed E-state index contributed by atoms with van der Waals surface area (Å²) in [6.45, 7) is 0.530. The van der Waals surface area contributed by atoms with E-state index in [-0.39, 0.29) is 6.03 Å². The Morgan fingerprint density at radius 1 is 1.40 bits per heavy atom. The van der Waals surface area contributed by atoms with Gasteiger partial charge in [0.25, 0.3) is 0 Å². The highest BCUT2D eigenvalue weighted by Crippen LogP contribution is 2.25. The van der Waals surface area contributed by atoms with Crippen molar-refractivity contribution in [1.29, 1.82) is 0 Å². The topological polar surface area (TPSA) is 59.0 Å². The Hall–Kier alpha value is -1.34. The summed E-state index contributed by atoms with van der Waals surface area (Å²) in [6, 6.07) is 5.36. The number of hydrogen-bond acceptors (Lipinski definition) is 2. The van der Waals surface area contributed by atoms with E-state index >= 15 is 0 Å². The van der Waals surface area contributed by atoms with E-state index < -0.39 is 0 Å². The molecule has 2 amide bonds. The Morgan fingerprint density at radius 3 is 2.90 bits per heavy atom. The summed E-state index contributed by atoms with van der Waals surface area (Å²) < 4.78 is 3.67. The zero-order chi connectivity index (χ0) is 14.5. The molecular weight excluding hydrogens is 388 g/mol. The standard InChI is InChI=1S/C13H14Br2N4O/c1-19-7-6-16-12(19)4-5-17-13(20)18-11-8-9(14)2-3-10(11)15/h2-3,6-8H,4-5H2,1H3,(H2,17,18,20).